The summed E-state index contributed by atoms with van der Waals surface area (Å²) in [6, 6.07) is 0.248. The molecule has 0 spiro atoms. The van der Waals surface area contributed by atoms with Gasteiger partial charge in [0, 0.05) is 32.7 Å². The van der Waals surface area contributed by atoms with E-state index in [2.05, 4.69) is 45.0 Å². The SMILES string of the molecule is CCc1nn(CC)c(CC(CCCOC)NN)c1Br. The maximum Gasteiger partial charge on any atom is 0.0766 e. The standard InChI is InChI=1S/C13H25BrN4O/c1-4-11-13(14)12(18(5-2)17-11)9-10(16-15)7-6-8-19-3/h10,16H,4-9,15H2,1-3H3. The first-order valence-corrected chi connectivity index (χ1v) is 7.66. The normalized spacial score (nSPS) is 12.9. The lowest BCUT2D eigenvalue weighted by Crippen LogP contribution is -2.37. The molecule has 19 heavy (non-hydrogen) atoms. The fourth-order valence-corrected chi connectivity index (χ4v) is 2.89. The van der Waals surface area contributed by atoms with Crippen molar-refractivity contribution < 1.29 is 4.74 Å². The van der Waals surface area contributed by atoms with Gasteiger partial charge in [-0.15, -0.1) is 0 Å². The van der Waals surface area contributed by atoms with E-state index in [1.165, 1.54) is 5.69 Å². The number of nitrogens with two attached hydrogens (primary N) is 1. The van der Waals surface area contributed by atoms with Crippen LogP contribution in [0, 0.1) is 0 Å². The number of hydrazine groups is 1. The molecule has 1 aromatic rings. The second kappa shape index (κ2) is 8.68. The van der Waals surface area contributed by atoms with E-state index in [-0.39, 0.29) is 6.04 Å². The van der Waals surface area contributed by atoms with Crippen LogP contribution in [0.2, 0.25) is 0 Å². The van der Waals surface area contributed by atoms with E-state index in [4.69, 9.17) is 10.6 Å². The number of nitrogens with zero attached hydrogens (tertiary/aromatic N) is 2. The topological polar surface area (TPSA) is 65.1 Å². The second-order valence-corrected chi connectivity index (χ2v) is 5.37. The third-order valence-corrected chi connectivity index (χ3v) is 4.19. The van der Waals surface area contributed by atoms with Crippen LogP contribution in [0.5, 0.6) is 0 Å². The monoisotopic (exact) mass is 332 g/mol. The Morgan fingerprint density at radius 3 is 2.74 bits per heavy atom. The Morgan fingerprint density at radius 1 is 1.47 bits per heavy atom. The van der Waals surface area contributed by atoms with E-state index in [0.717, 1.165) is 49.0 Å². The highest BCUT2D eigenvalue weighted by Crippen LogP contribution is 2.24. The fourth-order valence-electron chi connectivity index (χ4n) is 2.16. The summed E-state index contributed by atoms with van der Waals surface area (Å²) in [5, 5.41) is 4.61. The summed E-state index contributed by atoms with van der Waals surface area (Å²) in [5.74, 6) is 5.65. The van der Waals surface area contributed by atoms with E-state index in [1.54, 1.807) is 7.11 Å². The first-order chi connectivity index (χ1) is 9.17. The molecular weight excluding hydrogens is 308 g/mol. The molecule has 0 aliphatic rings. The molecule has 1 rings (SSSR count). The van der Waals surface area contributed by atoms with Crippen LogP contribution in [-0.4, -0.2) is 29.5 Å². The van der Waals surface area contributed by atoms with Gasteiger partial charge in [-0.25, -0.2) is 0 Å². The Kier molecular flexibility index (Phi) is 7.60. The molecule has 0 radical (unpaired) electrons. The molecule has 1 atom stereocenters. The maximum absolute atomic E-state index is 5.65. The number of ether oxygens (including phenoxy) is 1. The molecule has 0 aliphatic heterocycles. The summed E-state index contributed by atoms with van der Waals surface area (Å²) >= 11 is 3.67. The zero-order valence-electron chi connectivity index (χ0n) is 12.1. The van der Waals surface area contributed by atoms with Crippen LogP contribution in [-0.2, 0) is 24.1 Å². The minimum Gasteiger partial charge on any atom is -0.385 e. The molecule has 0 saturated carbocycles. The molecule has 0 amide bonds. The Balaban J connectivity index is 2.75. The van der Waals surface area contributed by atoms with Gasteiger partial charge in [-0.3, -0.25) is 16.0 Å². The van der Waals surface area contributed by atoms with E-state index in [1.807, 2.05) is 0 Å². The number of hydrogen-bond donors (Lipinski definition) is 2. The highest BCUT2D eigenvalue weighted by atomic mass is 79.9. The molecular formula is C13H25BrN4O. The highest BCUT2D eigenvalue weighted by Gasteiger charge is 2.17. The molecule has 0 saturated heterocycles. The van der Waals surface area contributed by atoms with Crippen LogP contribution in [0.4, 0.5) is 0 Å². The van der Waals surface area contributed by atoms with E-state index in [9.17, 15) is 0 Å². The van der Waals surface area contributed by atoms with Crippen molar-refractivity contribution >= 4 is 15.9 Å². The minimum atomic E-state index is 0.248. The Morgan fingerprint density at radius 2 is 2.21 bits per heavy atom. The summed E-state index contributed by atoms with van der Waals surface area (Å²) in [5.41, 5.74) is 5.23. The van der Waals surface area contributed by atoms with Crippen LogP contribution in [0.15, 0.2) is 4.47 Å². The Hall–Kier alpha value is -0.430. The first-order valence-electron chi connectivity index (χ1n) is 6.86. The molecule has 1 unspecified atom stereocenters. The fraction of sp³-hybridized carbons (Fsp3) is 0.769. The van der Waals surface area contributed by atoms with Crippen molar-refractivity contribution in [2.45, 2.75) is 52.1 Å². The van der Waals surface area contributed by atoms with Gasteiger partial charge in [0.25, 0.3) is 0 Å². The van der Waals surface area contributed by atoms with Crippen molar-refractivity contribution in [2.75, 3.05) is 13.7 Å². The largest absolute Gasteiger partial charge is 0.385 e. The molecule has 0 aromatic carbocycles. The molecule has 0 fully saturated rings. The smallest absolute Gasteiger partial charge is 0.0766 e. The number of halogens is 1. The number of aryl methyl sites for hydroxylation is 2. The van der Waals surface area contributed by atoms with E-state index in [0.29, 0.717) is 0 Å². The second-order valence-electron chi connectivity index (χ2n) is 4.58. The van der Waals surface area contributed by atoms with Gasteiger partial charge in [-0.2, -0.15) is 5.10 Å². The van der Waals surface area contributed by atoms with Gasteiger partial charge < -0.3 is 4.74 Å². The van der Waals surface area contributed by atoms with E-state index >= 15 is 0 Å². The predicted octanol–water partition coefficient (Wildman–Crippen LogP) is 2.03. The molecule has 3 N–H and O–H groups in total. The lowest BCUT2D eigenvalue weighted by molar-refractivity contribution is 0.188. The zero-order chi connectivity index (χ0) is 14.3. The van der Waals surface area contributed by atoms with Gasteiger partial charge in [-0.1, -0.05) is 6.92 Å². The van der Waals surface area contributed by atoms with Crippen LogP contribution in [0.1, 0.15) is 38.1 Å². The molecule has 0 aliphatic carbocycles. The Labute approximate surface area is 124 Å². The summed E-state index contributed by atoms with van der Waals surface area (Å²) in [4.78, 5) is 0. The number of aromatic nitrogens is 2. The summed E-state index contributed by atoms with van der Waals surface area (Å²) in [6.45, 7) is 5.88. The summed E-state index contributed by atoms with van der Waals surface area (Å²) < 4.78 is 8.27. The van der Waals surface area contributed by atoms with Crippen molar-refractivity contribution in [3.63, 3.8) is 0 Å². The third-order valence-electron chi connectivity index (χ3n) is 3.27. The van der Waals surface area contributed by atoms with Crippen LogP contribution in [0.3, 0.4) is 0 Å². The van der Waals surface area contributed by atoms with Gasteiger partial charge in [-0.05, 0) is 42.1 Å². The molecule has 6 heteroatoms. The number of nitrogens with one attached hydrogen (secondary N) is 1. The van der Waals surface area contributed by atoms with Crippen molar-refractivity contribution in [2.24, 2.45) is 5.84 Å². The molecule has 0 bridgehead atoms. The molecule has 110 valence electrons. The first kappa shape index (κ1) is 16.6. The molecule has 5 nitrogen and oxygen atoms in total. The average molecular weight is 333 g/mol. The van der Waals surface area contributed by atoms with Gasteiger partial charge >= 0.3 is 0 Å². The summed E-state index contributed by atoms with van der Waals surface area (Å²) in [7, 11) is 1.72. The Bertz CT molecular complexity index is 381. The van der Waals surface area contributed by atoms with Crippen LogP contribution >= 0.6 is 15.9 Å². The number of rotatable bonds is 9. The van der Waals surface area contributed by atoms with Crippen molar-refractivity contribution in [1.29, 1.82) is 0 Å². The average Bonchev–Trinajstić information content (AvgIpc) is 2.74. The maximum atomic E-state index is 5.65. The highest BCUT2D eigenvalue weighted by molar-refractivity contribution is 9.10. The van der Waals surface area contributed by atoms with Gasteiger partial charge in [0.2, 0.25) is 0 Å². The van der Waals surface area contributed by atoms with Crippen LogP contribution < -0.4 is 11.3 Å². The van der Waals surface area contributed by atoms with Gasteiger partial charge in [0.1, 0.15) is 0 Å². The molecule has 1 aromatic heterocycles. The molecule has 1 heterocycles. The third kappa shape index (κ3) is 4.56. The predicted molar refractivity (Wildman–Crippen MR) is 80.9 cm³/mol. The number of hydrogen-bond acceptors (Lipinski definition) is 4. The van der Waals surface area contributed by atoms with Gasteiger partial charge in [0.05, 0.1) is 15.9 Å². The van der Waals surface area contributed by atoms with E-state index < -0.39 is 0 Å². The zero-order valence-corrected chi connectivity index (χ0v) is 13.7. The van der Waals surface area contributed by atoms with Crippen molar-refractivity contribution in [3.05, 3.63) is 15.9 Å². The number of methoxy groups -OCH3 is 1. The lowest BCUT2D eigenvalue weighted by atomic mass is 10.1. The van der Waals surface area contributed by atoms with Crippen LogP contribution in [0.25, 0.3) is 0 Å². The van der Waals surface area contributed by atoms with Gasteiger partial charge in [0.15, 0.2) is 0 Å². The quantitative estimate of drug-likeness (QED) is 0.412. The van der Waals surface area contributed by atoms with Crippen molar-refractivity contribution in [1.82, 2.24) is 15.2 Å². The lowest BCUT2D eigenvalue weighted by Gasteiger charge is -2.16. The minimum absolute atomic E-state index is 0.248. The van der Waals surface area contributed by atoms with Crippen molar-refractivity contribution in [3.8, 4) is 0 Å². The summed E-state index contributed by atoms with van der Waals surface area (Å²) in [6.07, 6.45) is 3.81.